The third kappa shape index (κ3) is 4.67. The van der Waals surface area contributed by atoms with Gasteiger partial charge in [-0.1, -0.05) is 74.9 Å². The second-order valence-corrected chi connectivity index (χ2v) is 13.8. The summed E-state index contributed by atoms with van der Waals surface area (Å²) < 4.78 is 7.93. The fraction of sp³-hybridized carbons (Fsp3) is 0.667. The number of carbonyl (C=O) groups is 1. The standard InChI is InChI=1S/C33H46N4O2/c1-21(2)30(34)31(38)39-24-14-16-32(3)23(18-24)10-11-25-26-12-13-28(33(26,4)17-15-27(25)32)29-20-37(36-35-29)19-22-8-6-5-7-9-22/h5-10,20-21,24-28,30H,11-19,34H2,1-4H3/t24?,25?,26?,27?,28?,30-,32?,33?/m0/s1. The Kier molecular flexibility index (Phi) is 6.97. The fourth-order valence-corrected chi connectivity index (χ4v) is 9.05. The summed E-state index contributed by atoms with van der Waals surface area (Å²) in [7, 11) is 0. The van der Waals surface area contributed by atoms with E-state index in [1.54, 1.807) is 0 Å². The molecule has 0 amide bonds. The molecule has 0 radical (unpaired) electrons. The van der Waals surface area contributed by atoms with Gasteiger partial charge in [-0.2, -0.15) is 0 Å². The molecule has 6 rings (SSSR count). The maximum Gasteiger partial charge on any atom is 0.323 e. The lowest BCUT2D eigenvalue weighted by molar-refractivity contribution is -0.154. The van der Waals surface area contributed by atoms with Crippen LogP contribution >= 0.6 is 0 Å². The lowest BCUT2D eigenvalue weighted by atomic mass is 9.47. The molecule has 0 bridgehead atoms. The van der Waals surface area contributed by atoms with Crippen LogP contribution in [0.2, 0.25) is 0 Å². The predicted molar refractivity (Wildman–Crippen MR) is 153 cm³/mol. The van der Waals surface area contributed by atoms with Crippen LogP contribution in [0, 0.1) is 34.5 Å². The van der Waals surface area contributed by atoms with Crippen molar-refractivity contribution >= 4 is 5.97 Å². The highest BCUT2D eigenvalue weighted by molar-refractivity contribution is 5.76. The van der Waals surface area contributed by atoms with Gasteiger partial charge in [0.05, 0.1) is 12.2 Å². The van der Waals surface area contributed by atoms with Gasteiger partial charge in [0.2, 0.25) is 0 Å². The van der Waals surface area contributed by atoms with E-state index in [-0.39, 0.29) is 28.8 Å². The van der Waals surface area contributed by atoms with Crippen molar-refractivity contribution < 1.29 is 9.53 Å². The second-order valence-electron chi connectivity index (χ2n) is 13.8. The Labute approximate surface area is 233 Å². The van der Waals surface area contributed by atoms with Crippen LogP contribution in [0.3, 0.4) is 0 Å². The summed E-state index contributed by atoms with van der Waals surface area (Å²) in [6.07, 6.45) is 13.9. The van der Waals surface area contributed by atoms with Gasteiger partial charge in [0.1, 0.15) is 12.1 Å². The molecule has 0 aliphatic heterocycles. The summed E-state index contributed by atoms with van der Waals surface area (Å²) in [6.45, 7) is 9.79. The number of rotatable bonds is 6. The smallest absolute Gasteiger partial charge is 0.323 e. The van der Waals surface area contributed by atoms with Crippen LogP contribution in [0.5, 0.6) is 0 Å². The van der Waals surface area contributed by atoms with Gasteiger partial charge in [0.25, 0.3) is 0 Å². The minimum atomic E-state index is -0.533. The minimum Gasteiger partial charge on any atom is -0.461 e. The highest BCUT2D eigenvalue weighted by Gasteiger charge is 2.59. The van der Waals surface area contributed by atoms with Crippen LogP contribution in [0.1, 0.15) is 96.2 Å². The summed E-state index contributed by atoms with van der Waals surface area (Å²) >= 11 is 0. The lowest BCUT2D eigenvalue weighted by Crippen LogP contribution is -2.50. The van der Waals surface area contributed by atoms with Gasteiger partial charge in [-0.25, -0.2) is 4.68 Å². The van der Waals surface area contributed by atoms with E-state index in [1.165, 1.54) is 42.5 Å². The maximum atomic E-state index is 12.5. The molecule has 3 fully saturated rings. The maximum absolute atomic E-state index is 12.5. The Morgan fingerprint density at radius 3 is 2.67 bits per heavy atom. The normalized spacial score (nSPS) is 36.5. The summed E-state index contributed by atoms with van der Waals surface area (Å²) in [5, 5.41) is 9.25. The van der Waals surface area contributed by atoms with Crippen LogP contribution in [-0.4, -0.2) is 33.1 Å². The summed E-state index contributed by atoms with van der Waals surface area (Å²) in [5.74, 6) is 2.54. The number of hydrogen-bond donors (Lipinski definition) is 1. The largest absolute Gasteiger partial charge is 0.461 e. The molecule has 4 aliphatic rings. The predicted octanol–water partition coefficient (Wildman–Crippen LogP) is 6.27. The molecule has 2 aromatic rings. The van der Waals surface area contributed by atoms with E-state index in [2.05, 4.69) is 61.7 Å². The second kappa shape index (κ2) is 10.2. The molecule has 210 valence electrons. The minimum absolute atomic E-state index is 0.0265. The highest BCUT2D eigenvalue weighted by Crippen LogP contribution is 2.67. The third-order valence-electron chi connectivity index (χ3n) is 11.4. The molecule has 2 N–H and O–H groups in total. The third-order valence-corrected chi connectivity index (χ3v) is 11.4. The molecule has 1 aromatic heterocycles. The zero-order valence-corrected chi connectivity index (χ0v) is 24.2. The van der Waals surface area contributed by atoms with E-state index in [0.29, 0.717) is 5.92 Å². The first kappa shape index (κ1) is 26.7. The van der Waals surface area contributed by atoms with Gasteiger partial charge in [-0.05, 0) is 85.0 Å². The Balaban J connectivity index is 1.16. The van der Waals surface area contributed by atoms with Crippen molar-refractivity contribution in [3.8, 4) is 0 Å². The number of hydrogen-bond acceptors (Lipinski definition) is 5. The van der Waals surface area contributed by atoms with Crippen LogP contribution in [0.4, 0.5) is 0 Å². The first-order valence-electron chi connectivity index (χ1n) is 15.3. The molecule has 3 saturated carbocycles. The summed E-state index contributed by atoms with van der Waals surface area (Å²) in [4.78, 5) is 12.5. The molecular weight excluding hydrogens is 484 g/mol. The van der Waals surface area contributed by atoms with Crippen LogP contribution in [0.15, 0.2) is 48.2 Å². The van der Waals surface area contributed by atoms with Crippen molar-refractivity contribution in [1.29, 1.82) is 0 Å². The van der Waals surface area contributed by atoms with Gasteiger partial charge in [0.15, 0.2) is 0 Å². The molecule has 6 nitrogen and oxygen atoms in total. The first-order valence-corrected chi connectivity index (χ1v) is 15.3. The molecule has 0 saturated heterocycles. The zero-order valence-electron chi connectivity index (χ0n) is 24.2. The molecule has 1 heterocycles. The Morgan fingerprint density at radius 2 is 1.90 bits per heavy atom. The van der Waals surface area contributed by atoms with Crippen molar-refractivity contribution in [2.45, 2.75) is 104 Å². The molecule has 6 heteroatoms. The highest BCUT2D eigenvalue weighted by atomic mass is 16.5. The number of allylic oxidation sites excluding steroid dienone is 1. The number of fused-ring (bicyclic) bond motifs is 5. The SMILES string of the molecule is CC(C)[C@H](N)C(=O)OC1CCC2(C)C(=CCC3C2CCC2(C)C(c4cn(Cc5ccccc5)nn4)CCC32)C1. The molecule has 7 unspecified atom stereocenters. The molecular formula is C33H46N4O2. The van der Waals surface area contributed by atoms with Crippen molar-refractivity contribution in [3.05, 3.63) is 59.4 Å². The van der Waals surface area contributed by atoms with Crippen molar-refractivity contribution in [1.82, 2.24) is 15.0 Å². The Hall–Kier alpha value is -2.47. The molecule has 8 atom stereocenters. The zero-order chi connectivity index (χ0) is 27.4. The van der Waals surface area contributed by atoms with Gasteiger partial charge in [-0.15, -0.1) is 5.10 Å². The number of nitrogens with zero attached hydrogens (tertiary/aromatic N) is 3. The lowest BCUT2D eigenvalue weighted by Gasteiger charge is -2.58. The Bertz CT molecular complexity index is 1220. The van der Waals surface area contributed by atoms with Crippen molar-refractivity contribution in [3.63, 3.8) is 0 Å². The van der Waals surface area contributed by atoms with Gasteiger partial charge < -0.3 is 10.5 Å². The van der Waals surface area contributed by atoms with E-state index < -0.39 is 6.04 Å². The van der Waals surface area contributed by atoms with E-state index in [1.807, 2.05) is 18.5 Å². The van der Waals surface area contributed by atoms with E-state index in [0.717, 1.165) is 50.0 Å². The van der Waals surface area contributed by atoms with Gasteiger partial charge in [0, 0.05) is 18.5 Å². The number of carbonyl (C=O) groups excluding carboxylic acids is 1. The Morgan fingerprint density at radius 1 is 1.10 bits per heavy atom. The fourth-order valence-electron chi connectivity index (χ4n) is 9.05. The monoisotopic (exact) mass is 530 g/mol. The number of esters is 1. The number of aromatic nitrogens is 3. The first-order chi connectivity index (χ1) is 18.7. The van der Waals surface area contributed by atoms with Crippen LogP contribution in [0.25, 0.3) is 0 Å². The van der Waals surface area contributed by atoms with E-state index in [4.69, 9.17) is 15.6 Å². The number of benzene rings is 1. The average Bonchev–Trinajstić information content (AvgIpc) is 3.52. The molecule has 39 heavy (non-hydrogen) atoms. The van der Waals surface area contributed by atoms with E-state index in [9.17, 15) is 4.79 Å². The van der Waals surface area contributed by atoms with E-state index >= 15 is 0 Å². The molecule has 0 spiro atoms. The summed E-state index contributed by atoms with van der Waals surface area (Å²) in [5.41, 5.74) is 10.6. The molecule has 1 aromatic carbocycles. The number of nitrogens with two attached hydrogens (primary N) is 1. The number of ether oxygens (including phenoxy) is 1. The van der Waals surface area contributed by atoms with Gasteiger partial charge in [-0.3, -0.25) is 4.79 Å². The molecule has 4 aliphatic carbocycles. The van der Waals surface area contributed by atoms with Crippen LogP contribution in [-0.2, 0) is 16.1 Å². The van der Waals surface area contributed by atoms with Crippen molar-refractivity contribution in [2.75, 3.05) is 0 Å². The van der Waals surface area contributed by atoms with Crippen LogP contribution < -0.4 is 5.73 Å². The summed E-state index contributed by atoms with van der Waals surface area (Å²) in [6, 6.07) is 9.99. The average molecular weight is 531 g/mol. The topological polar surface area (TPSA) is 83.0 Å². The van der Waals surface area contributed by atoms with Gasteiger partial charge >= 0.3 is 5.97 Å². The van der Waals surface area contributed by atoms with Crippen molar-refractivity contribution in [2.24, 2.45) is 40.2 Å². The quantitative estimate of drug-likeness (QED) is 0.352.